The lowest BCUT2D eigenvalue weighted by Gasteiger charge is -1.98. The molecule has 0 N–H and O–H groups in total. The Kier molecular flexibility index (Phi) is 3.74. The average Bonchev–Trinajstić information content (AvgIpc) is 2.86. The normalized spacial score (nSPS) is 10.7. The smallest absolute Gasteiger partial charge is 0.193 e. The summed E-state index contributed by atoms with van der Waals surface area (Å²) in [5.41, 5.74) is 2.06. The number of rotatable bonds is 5. The van der Waals surface area contributed by atoms with Crippen LogP contribution in [0.15, 0.2) is 29.4 Å². The standard InChI is InChI=1S/C13H16N2OS/c1-3-10(4-2)7-12(16)8-11-9-15-5-6-17-13(15)14-11/h5-7,9H,3-4,8H2,1-2H3. The Hall–Kier alpha value is -1.42. The zero-order chi connectivity index (χ0) is 12.3. The summed E-state index contributed by atoms with van der Waals surface area (Å²) in [7, 11) is 0. The SMILES string of the molecule is CCC(=CC(=O)Cc1cn2ccsc2n1)CC. The van der Waals surface area contributed by atoms with Gasteiger partial charge in [0.25, 0.3) is 0 Å². The molecule has 17 heavy (non-hydrogen) atoms. The van der Waals surface area contributed by atoms with E-state index in [1.54, 1.807) is 17.4 Å². The van der Waals surface area contributed by atoms with Crippen molar-refractivity contribution in [1.82, 2.24) is 9.38 Å². The number of allylic oxidation sites excluding steroid dienone is 2. The molecule has 0 saturated heterocycles. The lowest BCUT2D eigenvalue weighted by molar-refractivity contribution is -0.114. The fourth-order valence-corrected chi connectivity index (χ4v) is 2.49. The molecule has 0 aromatic carbocycles. The highest BCUT2D eigenvalue weighted by molar-refractivity contribution is 7.15. The first kappa shape index (κ1) is 12.0. The number of carbonyl (C=O) groups excluding carboxylic acids is 1. The number of hydrogen-bond acceptors (Lipinski definition) is 3. The van der Waals surface area contributed by atoms with Crippen molar-refractivity contribution >= 4 is 22.1 Å². The predicted molar refractivity (Wildman–Crippen MR) is 70.4 cm³/mol. The van der Waals surface area contributed by atoms with E-state index >= 15 is 0 Å². The monoisotopic (exact) mass is 248 g/mol. The number of hydrogen-bond donors (Lipinski definition) is 0. The molecule has 2 aromatic heterocycles. The molecule has 90 valence electrons. The van der Waals surface area contributed by atoms with Gasteiger partial charge in [-0.15, -0.1) is 11.3 Å². The molecule has 3 nitrogen and oxygen atoms in total. The molecular weight excluding hydrogens is 232 g/mol. The molecule has 2 rings (SSSR count). The Balaban J connectivity index is 2.08. The van der Waals surface area contributed by atoms with Gasteiger partial charge >= 0.3 is 0 Å². The van der Waals surface area contributed by atoms with Crippen molar-refractivity contribution < 1.29 is 4.79 Å². The van der Waals surface area contributed by atoms with Crippen LogP contribution in [0.5, 0.6) is 0 Å². The maximum absolute atomic E-state index is 11.8. The summed E-state index contributed by atoms with van der Waals surface area (Å²) in [6, 6.07) is 0. The minimum atomic E-state index is 0.148. The third kappa shape index (κ3) is 2.82. The largest absolute Gasteiger partial charge is 0.297 e. The fraction of sp³-hybridized carbons (Fsp3) is 0.385. The average molecular weight is 248 g/mol. The number of aromatic nitrogens is 2. The van der Waals surface area contributed by atoms with Crippen LogP contribution in [0.2, 0.25) is 0 Å². The number of thiazole rings is 1. The van der Waals surface area contributed by atoms with E-state index in [2.05, 4.69) is 18.8 Å². The molecule has 0 amide bonds. The summed E-state index contributed by atoms with van der Waals surface area (Å²) in [6.45, 7) is 4.16. The van der Waals surface area contributed by atoms with Gasteiger partial charge in [-0.1, -0.05) is 19.4 Å². The van der Waals surface area contributed by atoms with Crippen molar-refractivity contribution in [3.63, 3.8) is 0 Å². The van der Waals surface area contributed by atoms with E-state index in [1.165, 1.54) is 5.57 Å². The fourth-order valence-electron chi connectivity index (χ4n) is 1.77. The molecule has 0 saturated carbocycles. The van der Waals surface area contributed by atoms with E-state index in [4.69, 9.17) is 0 Å². The predicted octanol–water partition coefficient (Wildman–Crippen LogP) is 3.25. The van der Waals surface area contributed by atoms with Gasteiger partial charge in [0.2, 0.25) is 0 Å². The van der Waals surface area contributed by atoms with Gasteiger partial charge in [-0.3, -0.25) is 9.20 Å². The van der Waals surface area contributed by atoms with Gasteiger partial charge in [-0.25, -0.2) is 4.98 Å². The van der Waals surface area contributed by atoms with E-state index < -0.39 is 0 Å². The van der Waals surface area contributed by atoms with Gasteiger partial charge < -0.3 is 0 Å². The van der Waals surface area contributed by atoms with Gasteiger partial charge in [0.05, 0.1) is 12.1 Å². The third-order valence-corrected chi connectivity index (χ3v) is 3.54. The Morgan fingerprint density at radius 1 is 1.47 bits per heavy atom. The molecule has 0 atom stereocenters. The molecule has 0 fully saturated rings. The number of carbonyl (C=O) groups is 1. The first-order chi connectivity index (χ1) is 8.22. The van der Waals surface area contributed by atoms with E-state index in [-0.39, 0.29) is 5.78 Å². The first-order valence-corrected chi connectivity index (χ1v) is 6.74. The van der Waals surface area contributed by atoms with Crippen LogP contribution in [0, 0.1) is 0 Å². The van der Waals surface area contributed by atoms with E-state index in [0.29, 0.717) is 6.42 Å². The quantitative estimate of drug-likeness (QED) is 0.761. The number of ketones is 1. The van der Waals surface area contributed by atoms with Crippen LogP contribution in [0.4, 0.5) is 0 Å². The summed E-state index contributed by atoms with van der Waals surface area (Å²) >= 11 is 1.58. The van der Waals surface area contributed by atoms with Crippen LogP contribution >= 0.6 is 11.3 Å². The van der Waals surface area contributed by atoms with Crippen molar-refractivity contribution in [2.45, 2.75) is 33.1 Å². The van der Waals surface area contributed by atoms with Crippen molar-refractivity contribution in [2.24, 2.45) is 0 Å². The summed E-state index contributed by atoms with van der Waals surface area (Å²) < 4.78 is 1.96. The van der Waals surface area contributed by atoms with Crippen LogP contribution in [0.25, 0.3) is 4.96 Å². The second kappa shape index (κ2) is 5.27. The molecule has 0 bridgehead atoms. The van der Waals surface area contributed by atoms with E-state index in [0.717, 1.165) is 23.5 Å². The highest BCUT2D eigenvalue weighted by Crippen LogP contribution is 2.13. The maximum Gasteiger partial charge on any atom is 0.193 e. The molecule has 4 heteroatoms. The second-order valence-corrected chi connectivity index (χ2v) is 4.85. The maximum atomic E-state index is 11.8. The van der Waals surface area contributed by atoms with Crippen LogP contribution in [0.1, 0.15) is 32.4 Å². The number of fused-ring (bicyclic) bond motifs is 1. The van der Waals surface area contributed by atoms with Gasteiger partial charge in [-0.05, 0) is 18.9 Å². The molecule has 0 aliphatic heterocycles. The minimum absolute atomic E-state index is 0.148. The first-order valence-electron chi connectivity index (χ1n) is 5.86. The van der Waals surface area contributed by atoms with Crippen LogP contribution in [-0.4, -0.2) is 15.2 Å². The molecule has 0 aliphatic carbocycles. The Bertz CT molecular complexity index is 516. The second-order valence-electron chi connectivity index (χ2n) is 3.98. The van der Waals surface area contributed by atoms with Crippen molar-refractivity contribution in [3.05, 3.63) is 35.1 Å². The lowest BCUT2D eigenvalue weighted by atomic mass is 10.1. The van der Waals surface area contributed by atoms with E-state index in [9.17, 15) is 4.79 Å². The summed E-state index contributed by atoms with van der Waals surface area (Å²) in [5, 5.41) is 1.99. The molecule has 0 unspecified atom stereocenters. The Labute approximate surface area is 105 Å². The van der Waals surface area contributed by atoms with Crippen LogP contribution in [0.3, 0.4) is 0 Å². The highest BCUT2D eigenvalue weighted by atomic mass is 32.1. The molecule has 2 heterocycles. The van der Waals surface area contributed by atoms with Crippen molar-refractivity contribution in [2.75, 3.05) is 0 Å². The van der Waals surface area contributed by atoms with Crippen LogP contribution < -0.4 is 0 Å². The molecule has 0 aliphatic rings. The third-order valence-electron chi connectivity index (χ3n) is 2.77. The Morgan fingerprint density at radius 3 is 2.88 bits per heavy atom. The summed E-state index contributed by atoms with van der Waals surface area (Å²) in [5.74, 6) is 0.148. The zero-order valence-electron chi connectivity index (χ0n) is 10.1. The molecular formula is C13H16N2OS. The number of imidazole rings is 1. The summed E-state index contributed by atoms with van der Waals surface area (Å²) in [4.78, 5) is 17.2. The minimum Gasteiger partial charge on any atom is -0.297 e. The number of nitrogens with zero attached hydrogens (tertiary/aromatic N) is 2. The van der Waals surface area contributed by atoms with Gasteiger partial charge in [-0.2, -0.15) is 0 Å². The molecule has 2 aromatic rings. The van der Waals surface area contributed by atoms with Crippen LogP contribution in [-0.2, 0) is 11.2 Å². The Morgan fingerprint density at radius 2 is 2.24 bits per heavy atom. The van der Waals surface area contributed by atoms with Gasteiger partial charge in [0, 0.05) is 17.8 Å². The zero-order valence-corrected chi connectivity index (χ0v) is 11.0. The highest BCUT2D eigenvalue weighted by Gasteiger charge is 2.07. The van der Waals surface area contributed by atoms with Gasteiger partial charge in [0.1, 0.15) is 0 Å². The van der Waals surface area contributed by atoms with Crippen molar-refractivity contribution in [1.29, 1.82) is 0 Å². The van der Waals surface area contributed by atoms with E-state index in [1.807, 2.05) is 22.2 Å². The summed E-state index contributed by atoms with van der Waals surface area (Å²) in [6.07, 6.45) is 7.95. The van der Waals surface area contributed by atoms with Crippen molar-refractivity contribution in [3.8, 4) is 0 Å². The topological polar surface area (TPSA) is 34.4 Å². The lowest BCUT2D eigenvalue weighted by Crippen LogP contribution is -2.00. The molecule has 0 spiro atoms. The van der Waals surface area contributed by atoms with Gasteiger partial charge in [0.15, 0.2) is 10.7 Å². The molecule has 0 radical (unpaired) electrons.